The van der Waals surface area contributed by atoms with Crippen molar-refractivity contribution in [3.63, 3.8) is 0 Å². The standard InChI is InChI=1S/C30H33NP2.CHO.ClH.Ru.H/c1-2-31(23-25-32(27-15-7-3-8-16-27)28-17-9-4-10-18-28)24-26-33(29-19-11-5-12-20-29)30-21-13-6-14-22-30;1-2;;;/h3-22H,2,23-26H2,1H3;1H;1H;;/q;-1;;+3;/p+1. The first-order chi connectivity index (χ1) is 18.3. The van der Waals surface area contributed by atoms with Gasteiger partial charge in [0.05, 0.1) is 49.4 Å². The van der Waals surface area contributed by atoms with Crippen LogP contribution >= 0.6 is 25.5 Å². The van der Waals surface area contributed by atoms with Gasteiger partial charge in [-0.15, -0.1) is 0 Å². The quantitative estimate of drug-likeness (QED) is 0.0978. The predicted molar refractivity (Wildman–Crippen MR) is 167 cm³/mol. The minimum atomic E-state index is -0.779. The molecule has 0 radical (unpaired) electrons. The first-order valence-electron chi connectivity index (χ1n) is 12.4. The number of rotatable bonds is 11. The molecule has 0 aliphatic heterocycles. The number of hydrogen-bond acceptors (Lipinski definition) is 2. The number of halogens is 1. The van der Waals surface area contributed by atoms with Crippen LogP contribution in [-0.2, 0) is 22.1 Å². The molecule has 0 aliphatic rings. The third-order valence-corrected chi connectivity index (χ3v) is 11.9. The van der Waals surface area contributed by atoms with E-state index in [9.17, 15) is 0 Å². The van der Waals surface area contributed by atoms with Gasteiger partial charge >= 0.3 is 27.0 Å². The molecule has 0 atom stereocenters. The van der Waals surface area contributed by atoms with E-state index < -0.39 is 15.8 Å². The van der Waals surface area contributed by atoms with E-state index in [2.05, 4.69) is 150 Å². The summed E-state index contributed by atoms with van der Waals surface area (Å²) in [6, 6.07) is 44.6. The zero-order chi connectivity index (χ0) is 26.7. The van der Waals surface area contributed by atoms with E-state index in [1.54, 1.807) is 17.3 Å². The monoisotopic (exact) mass is 638 g/mol. The van der Waals surface area contributed by atoms with Crippen LogP contribution < -0.4 is 21.2 Å². The fourth-order valence-corrected chi connectivity index (χ4v) is 9.72. The van der Waals surface area contributed by atoms with Crippen molar-refractivity contribution >= 4 is 53.5 Å². The van der Waals surface area contributed by atoms with E-state index >= 15 is 0 Å². The summed E-state index contributed by atoms with van der Waals surface area (Å²) in [5.41, 5.74) is 0. The number of carbonyl (C=O) groups excluding carboxylic acids is 1. The summed E-state index contributed by atoms with van der Waals surface area (Å²) in [4.78, 5) is 10.4. The van der Waals surface area contributed by atoms with E-state index in [0.717, 1.165) is 19.6 Å². The molecule has 6 heteroatoms. The third-order valence-electron chi connectivity index (χ3n) is 6.29. The molecule has 0 aromatic heterocycles. The maximum atomic E-state index is 7.75. The van der Waals surface area contributed by atoms with Gasteiger partial charge in [0, 0.05) is 13.1 Å². The molecule has 0 saturated heterocycles. The van der Waals surface area contributed by atoms with E-state index in [-0.39, 0.29) is 0 Å². The van der Waals surface area contributed by atoms with Crippen LogP contribution in [0.15, 0.2) is 121 Å². The van der Waals surface area contributed by atoms with Crippen molar-refractivity contribution < 1.29 is 22.1 Å². The third kappa shape index (κ3) is 10.5. The number of nitrogens with zero attached hydrogens (tertiary/aromatic N) is 1. The Labute approximate surface area is 239 Å². The van der Waals surface area contributed by atoms with Crippen molar-refractivity contribution in [1.29, 1.82) is 0 Å². The fraction of sp³-hybridized carbons (Fsp3) is 0.194. The van der Waals surface area contributed by atoms with Crippen LogP contribution in [0.5, 0.6) is 0 Å². The van der Waals surface area contributed by atoms with Gasteiger partial charge < -0.3 is 4.79 Å². The molecule has 0 unspecified atom stereocenters. The Morgan fingerprint density at radius 1 is 0.568 bits per heavy atom. The molecule has 0 amide bonds. The number of hydrogen-bond donors (Lipinski definition) is 0. The molecule has 0 fully saturated rings. The van der Waals surface area contributed by atoms with Crippen LogP contribution in [0.1, 0.15) is 6.92 Å². The van der Waals surface area contributed by atoms with E-state index in [4.69, 9.17) is 4.79 Å². The second-order valence-electron chi connectivity index (χ2n) is 8.36. The Morgan fingerprint density at radius 3 is 1.03 bits per heavy atom. The average molecular weight is 638 g/mol. The van der Waals surface area contributed by atoms with Gasteiger partial charge in [-0.3, -0.25) is 11.7 Å². The Morgan fingerprint density at radius 2 is 0.811 bits per heavy atom. The summed E-state index contributed by atoms with van der Waals surface area (Å²) >= 11 is 1.62. The molecule has 4 aromatic carbocycles. The zero-order valence-corrected chi connectivity index (χ0v) is 25.9. The zero-order valence-electron chi connectivity index (χ0n) is 21.3. The van der Waals surface area contributed by atoms with Gasteiger partial charge in [0.1, 0.15) is 0 Å². The Hall–Kier alpha value is -1.72. The van der Waals surface area contributed by atoms with Crippen molar-refractivity contribution in [2.75, 3.05) is 32.0 Å². The molecule has 37 heavy (non-hydrogen) atoms. The van der Waals surface area contributed by atoms with Crippen molar-refractivity contribution in [3.8, 4) is 0 Å². The van der Waals surface area contributed by atoms with Gasteiger partial charge in [-0.25, -0.2) is 0 Å². The van der Waals surface area contributed by atoms with Crippen LogP contribution in [0.25, 0.3) is 0 Å². The molecule has 4 rings (SSSR count). The molecular weight excluding hydrogens is 601 g/mol. The van der Waals surface area contributed by atoms with Gasteiger partial charge in [0.15, 0.2) is 0 Å². The van der Waals surface area contributed by atoms with Crippen LogP contribution in [0.2, 0.25) is 0 Å². The van der Waals surface area contributed by atoms with Crippen molar-refractivity contribution in [3.05, 3.63) is 121 Å². The average Bonchev–Trinajstić information content (AvgIpc) is 3.00. The second kappa shape index (κ2) is 19.4. The summed E-state index contributed by atoms with van der Waals surface area (Å²) in [7, 11) is 3.05. The first-order valence-corrected chi connectivity index (χ1v) is 18.2. The molecular formula is C31H37ClNOP2Ru+3. The second-order valence-corrected chi connectivity index (χ2v) is 13.6. The Kier molecular flexibility index (Phi) is 16.5. The summed E-state index contributed by atoms with van der Waals surface area (Å²) < 4.78 is 0. The van der Waals surface area contributed by atoms with Crippen LogP contribution in [0, 0.1) is 0 Å². The fourth-order valence-electron chi connectivity index (χ4n) is 4.44. The first kappa shape index (κ1) is 31.5. The van der Waals surface area contributed by atoms with Crippen LogP contribution in [0.3, 0.4) is 0 Å². The molecule has 0 N–H and O–H groups in total. The van der Waals surface area contributed by atoms with Gasteiger partial charge in [0.2, 0.25) is 0 Å². The molecule has 2 nitrogen and oxygen atoms in total. The molecule has 0 aliphatic carbocycles. The predicted octanol–water partition coefficient (Wildman–Crippen LogP) is 5.18. The Balaban J connectivity index is 0.00000115. The van der Waals surface area contributed by atoms with Gasteiger partial charge in [-0.05, 0) is 55.1 Å². The van der Waals surface area contributed by atoms with Gasteiger partial charge in [-0.2, -0.15) is 0 Å². The van der Waals surface area contributed by atoms with E-state index in [0.29, 0.717) is 0 Å². The van der Waals surface area contributed by atoms with Crippen molar-refractivity contribution in [1.82, 2.24) is 4.90 Å². The normalized spacial score (nSPS) is 10.4. The van der Waals surface area contributed by atoms with Gasteiger partial charge in [-0.1, -0.05) is 79.7 Å². The van der Waals surface area contributed by atoms with Crippen molar-refractivity contribution in [2.45, 2.75) is 6.92 Å². The summed E-state index contributed by atoms with van der Waals surface area (Å²) in [5, 5.41) is 6.07. The summed E-state index contributed by atoms with van der Waals surface area (Å²) in [5.74, 6) is 0. The van der Waals surface area contributed by atoms with Crippen molar-refractivity contribution in [2.24, 2.45) is 0 Å². The van der Waals surface area contributed by atoms with Crippen LogP contribution in [-0.4, -0.2) is 43.6 Å². The molecule has 0 heterocycles. The SMILES string of the molecule is CCN(CC[PH+](c1ccccc1)c1ccccc1)CC[PH+](c1ccccc1)c1ccccc1.[CH-]=O.[Cl][RuH+2]. The molecule has 0 spiro atoms. The topological polar surface area (TPSA) is 20.3 Å². The molecule has 0 saturated carbocycles. The molecule has 0 bridgehead atoms. The summed E-state index contributed by atoms with van der Waals surface area (Å²) in [6.07, 6.45) is 2.48. The summed E-state index contributed by atoms with van der Waals surface area (Å²) in [6.45, 7) is 8.99. The Bertz CT molecular complexity index is 925. The van der Waals surface area contributed by atoms with Gasteiger partial charge in [0.25, 0.3) is 0 Å². The van der Waals surface area contributed by atoms with E-state index in [1.165, 1.54) is 33.5 Å². The maximum absolute atomic E-state index is 7.75. The van der Waals surface area contributed by atoms with E-state index in [1.807, 2.05) is 0 Å². The minimum absolute atomic E-state index is 0.779. The molecule has 194 valence electrons. The molecule has 4 aromatic rings. The number of benzene rings is 4. The van der Waals surface area contributed by atoms with Crippen LogP contribution in [0.4, 0.5) is 0 Å².